The third-order valence-corrected chi connectivity index (χ3v) is 10.8. The molecule has 0 amide bonds. The Bertz CT molecular complexity index is 3140. The third kappa shape index (κ3) is 4.22. The van der Waals surface area contributed by atoms with Crippen LogP contribution in [-0.4, -0.2) is 0 Å². The van der Waals surface area contributed by atoms with E-state index in [4.69, 9.17) is 4.42 Å². The number of rotatable bonds is 3. The van der Waals surface area contributed by atoms with Gasteiger partial charge in [-0.3, -0.25) is 0 Å². The summed E-state index contributed by atoms with van der Waals surface area (Å²) in [5.41, 5.74) is 9.27. The normalized spacial score (nSPS) is 11.9. The minimum atomic E-state index is 0.915. The number of fused-ring (bicyclic) bond motifs is 9. The minimum Gasteiger partial charge on any atom is -0.456 e. The largest absolute Gasteiger partial charge is 0.456 e. The Labute approximate surface area is 294 Å². The lowest BCUT2D eigenvalue weighted by atomic mass is 9.83. The number of hydrogen-bond acceptors (Lipinski definition) is 1. The molecule has 0 atom stereocenters. The second kappa shape index (κ2) is 10.9. The zero-order valence-corrected chi connectivity index (χ0v) is 27.7. The topological polar surface area (TPSA) is 13.1 Å². The molecular weight excluding hydrogens is 617 g/mol. The van der Waals surface area contributed by atoms with Crippen molar-refractivity contribution in [3.8, 4) is 33.4 Å². The van der Waals surface area contributed by atoms with E-state index >= 15 is 0 Å². The highest BCUT2D eigenvalue weighted by Gasteiger charge is 2.19. The quantitative estimate of drug-likeness (QED) is 0.138. The van der Waals surface area contributed by atoms with Crippen molar-refractivity contribution in [1.82, 2.24) is 0 Å². The van der Waals surface area contributed by atoms with Crippen molar-refractivity contribution in [3.63, 3.8) is 0 Å². The van der Waals surface area contributed by atoms with Crippen LogP contribution in [0.3, 0.4) is 0 Å². The van der Waals surface area contributed by atoms with Crippen molar-refractivity contribution in [2.24, 2.45) is 0 Å². The maximum atomic E-state index is 6.17. The summed E-state index contributed by atoms with van der Waals surface area (Å²) in [4.78, 5) is 0. The van der Waals surface area contributed by atoms with Gasteiger partial charge >= 0.3 is 0 Å². The molecule has 0 aliphatic heterocycles. The van der Waals surface area contributed by atoms with Crippen LogP contribution in [0.25, 0.3) is 109 Å². The molecule has 0 fully saturated rings. The molecule has 0 saturated carbocycles. The van der Waals surface area contributed by atoms with Gasteiger partial charge in [-0.05, 0) is 112 Å². The first-order chi connectivity index (χ1) is 25.3. The van der Waals surface area contributed by atoms with Gasteiger partial charge < -0.3 is 4.42 Å². The highest BCUT2D eigenvalue weighted by Crippen LogP contribution is 2.47. The highest BCUT2D eigenvalue weighted by molar-refractivity contribution is 6.25. The lowest BCUT2D eigenvalue weighted by Gasteiger charge is -2.20. The molecule has 0 N–H and O–H groups in total. The summed E-state index contributed by atoms with van der Waals surface area (Å²) in [6.07, 6.45) is 0. The first-order valence-corrected chi connectivity index (χ1v) is 17.6. The maximum absolute atomic E-state index is 6.17. The molecule has 0 aliphatic carbocycles. The summed E-state index contributed by atoms with van der Waals surface area (Å²) >= 11 is 0. The number of para-hydroxylation sites is 1. The van der Waals surface area contributed by atoms with E-state index in [0.717, 1.165) is 21.9 Å². The van der Waals surface area contributed by atoms with Crippen LogP contribution in [0.2, 0.25) is 0 Å². The summed E-state index contributed by atoms with van der Waals surface area (Å²) in [5, 5.41) is 14.9. The molecule has 1 nitrogen and oxygen atoms in total. The Kier molecular flexibility index (Phi) is 6.02. The summed E-state index contributed by atoms with van der Waals surface area (Å²) in [6, 6.07) is 66.5. The van der Waals surface area contributed by atoms with E-state index in [-0.39, 0.29) is 0 Å². The highest BCUT2D eigenvalue weighted by atomic mass is 16.3. The third-order valence-electron chi connectivity index (χ3n) is 10.8. The van der Waals surface area contributed by atoms with Crippen LogP contribution in [-0.2, 0) is 0 Å². The average molecular weight is 647 g/mol. The van der Waals surface area contributed by atoms with Gasteiger partial charge in [-0.15, -0.1) is 0 Å². The Morgan fingerprint density at radius 2 is 0.765 bits per heavy atom. The predicted molar refractivity (Wildman–Crippen MR) is 218 cm³/mol. The molecule has 0 spiro atoms. The van der Waals surface area contributed by atoms with E-state index in [1.165, 1.54) is 87.2 Å². The lowest BCUT2D eigenvalue weighted by molar-refractivity contribution is 0.669. The smallest absolute Gasteiger partial charge is 0.135 e. The molecule has 11 aromatic rings. The van der Waals surface area contributed by atoms with Gasteiger partial charge in [0.2, 0.25) is 0 Å². The fourth-order valence-corrected chi connectivity index (χ4v) is 8.56. The van der Waals surface area contributed by atoms with Gasteiger partial charge in [0.05, 0.1) is 0 Å². The molecule has 51 heavy (non-hydrogen) atoms. The van der Waals surface area contributed by atoms with E-state index in [2.05, 4.69) is 170 Å². The van der Waals surface area contributed by atoms with E-state index in [1.54, 1.807) is 0 Å². The minimum absolute atomic E-state index is 0.915. The van der Waals surface area contributed by atoms with Gasteiger partial charge in [0.15, 0.2) is 0 Å². The summed E-state index contributed by atoms with van der Waals surface area (Å²) < 4.78 is 6.17. The van der Waals surface area contributed by atoms with Crippen molar-refractivity contribution in [1.29, 1.82) is 0 Å². The zero-order valence-electron chi connectivity index (χ0n) is 27.7. The molecule has 0 bridgehead atoms. The van der Waals surface area contributed by atoms with Crippen molar-refractivity contribution in [2.45, 2.75) is 0 Å². The van der Waals surface area contributed by atoms with Gasteiger partial charge in [0.25, 0.3) is 0 Å². The van der Waals surface area contributed by atoms with E-state index in [0.29, 0.717) is 0 Å². The average Bonchev–Trinajstić information content (AvgIpc) is 3.57. The fourth-order valence-electron chi connectivity index (χ4n) is 8.56. The Balaban J connectivity index is 1.16. The second-order valence-corrected chi connectivity index (χ2v) is 13.6. The van der Waals surface area contributed by atoms with Crippen molar-refractivity contribution in [3.05, 3.63) is 182 Å². The lowest BCUT2D eigenvalue weighted by Crippen LogP contribution is -1.92. The predicted octanol–water partition coefficient (Wildman–Crippen LogP) is 14.4. The molecule has 10 aromatic carbocycles. The summed E-state index contributed by atoms with van der Waals surface area (Å²) in [7, 11) is 0. The molecule has 0 radical (unpaired) electrons. The first-order valence-electron chi connectivity index (χ1n) is 17.6. The molecule has 11 rings (SSSR count). The van der Waals surface area contributed by atoms with Crippen LogP contribution in [0.5, 0.6) is 0 Å². The fraction of sp³-hybridized carbons (Fsp3) is 0. The standard InChI is InChI=1S/C50H30O/c1-2-12-35-31(11-1)21-22-32-29-34(23-25-36(32)35)49-41-16-5-7-18-43(41)50(44-19-8-6-17-42(44)49)45-27-26-37(38-13-3-4-14-39(38)45)33-24-28-48-46(30-33)40-15-9-10-20-47(40)51-48/h1-30H. The van der Waals surface area contributed by atoms with Crippen LogP contribution in [0, 0.1) is 0 Å². The molecule has 0 aliphatic rings. The van der Waals surface area contributed by atoms with E-state index < -0.39 is 0 Å². The Morgan fingerprint density at radius 1 is 0.255 bits per heavy atom. The van der Waals surface area contributed by atoms with E-state index in [1.807, 2.05) is 12.1 Å². The Hall–Kier alpha value is -6.70. The van der Waals surface area contributed by atoms with Gasteiger partial charge in [0.1, 0.15) is 11.2 Å². The second-order valence-electron chi connectivity index (χ2n) is 13.6. The van der Waals surface area contributed by atoms with E-state index in [9.17, 15) is 0 Å². The summed E-state index contributed by atoms with van der Waals surface area (Å²) in [5.74, 6) is 0. The molecule has 236 valence electrons. The van der Waals surface area contributed by atoms with Crippen LogP contribution >= 0.6 is 0 Å². The maximum Gasteiger partial charge on any atom is 0.135 e. The van der Waals surface area contributed by atoms with Crippen molar-refractivity contribution in [2.75, 3.05) is 0 Å². The van der Waals surface area contributed by atoms with Gasteiger partial charge in [0, 0.05) is 10.8 Å². The molecule has 1 aromatic heterocycles. The van der Waals surface area contributed by atoms with Gasteiger partial charge in [-0.1, -0.05) is 158 Å². The van der Waals surface area contributed by atoms with Crippen LogP contribution in [0.15, 0.2) is 186 Å². The Morgan fingerprint density at radius 3 is 1.51 bits per heavy atom. The molecule has 0 saturated heterocycles. The monoisotopic (exact) mass is 646 g/mol. The van der Waals surface area contributed by atoms with Gasteiger partial charge in [-0.25, -0.2) is 0 Å². The van der Waals surface area contributed by atoms with Gasteiger partial charge in [-0.2, -0.15) is 0 Å². The SMILES string of the molecule is c1ccc2c(c1)ccc1cc(-c3c4ccccc4c(-c4ccc(-c5ccc6oc7ccccc7c6c5)c5ccccc45)c4ccccc34)ccc12. The molecule has 0 unspecified atom stereocenters. The number of hydrogen-bond donors (Lipinski definition) is 0. The van der Waals surface area contributed by atoms with Crippen molar-refractivity contribution < 1.29 is 4.42 Å². The number of benzene rings is 10. The molecule has 1 heteroatoms. The van der Waals surface area contributed by atoms with Crippen LogP contribution in [0.1, 0.15) is 0 Å². The molecule has 1 heterocycles. The summed E-state index contributed by atoms with van der Waals surface area (Å²) in [6.45, 7) is 0. The van der Waals surface area contributed by atoms with Crippen molar-refractivity contribution >= 4 is 75.8 Å². The first kappa shape index (κ1) is 28.2. The number of furan rings is 1. The molecular formula is C50H30O. The van der Waals surface area contributed by atoms with Crippen LogP contribution in [0.4, 0.5) is 0 Å². The van der Waals surface area contributed by atoms with Crippen LogP contribution < -0.4 is 0 Å². The zero-order chi connectivity index (χ0) is 33.5.